The van der Waals surface area contributed by atoms with E-state index in [1.807, 2.05) is 0 Å². The van der Waals surface area contributed by atoms with Crippen LogP contribution in [0.25, 0.3) is 0 Å². The smallest absolute Gasteiger partial charge is 0.293 e. The molecule has 0 aliphatic heterocycles. The van der Waals surface area contributed by atoms with Crippen LogP contribution in [0.1, 0.15) is 0 Å². The minimum Gasteiger partial charge on any atom is -0.432 e. The van der Waals surface area contributed by atoms with Crippen molar-refractivity contribution in [3.05, 3.63) is 18.1 Å². The molecule has 0 radical (unpaired) electrons. The Morgan fingerprint density at radius 2 is 2.57 bits per heavy atom. The van der Waals surface area contributed by atoms with E-state index in [1.165, 1.54) is 6.26 Å². The van der Waals surface area contributed by atoms with Gasteiger partial charge in [0, 0.05) is 13.2 Å². The summed E-state index contributed by atoms with van der Waals surface area (Å²) in [6.07, 6.45) is 3.16. The number of rotatable bonds is 0. The van der Waals surface area contributed by atoms with Gasteiger partial charge in [-0.3, -0.25) is 5.41 Å². The van der Waals surface area contributed by atoms with Crippen LogP contribution in [0, 0.1) is 5.41 Å². The van der Waals surface area contributed by atoms with Gasteiger partial charge in [-0.1, -0.05) is 0 Å². The van der Waals surface area contributed by atoms with Crippen LogP contribution in [0.3, 0.4) is 0 Å². The molecule has 1 N–H and O–H groups in total. The highest BCUT2D eigenvalue weighted by atomic mass is 16.3. The highest BCUT2D eigenvalue weighted by Crippen LogP contribution is 1.71. The third-order valence-electron chi connectivity index (χ3n) is 0.784. The number of nitrogens with one attached hydrogen (secondary N) is 1. The summed E-state index contributed by atoms with van der Waals surface area (Å²) in [5.41, 5.74) is 0.181. The van der Waals surface area contributed by atoms with Crippen molar-refractivity contribution in [2.45, 2.75) is 0 Å². The number of aromatic nitrogens is 1. The van der Waals surface area contributed by atoms with Crippen molar-refractivity contribution in [2.75, 3.05) is 0 Å². The van der Waals surface area contributed by atoms with Gasteiger partial charge in [-0.05, 0) is 0 Å². The zero-order chi connectivity index (χ0) is 5.28. The van der Waals surface area contributed by atoms with Crippen molar-refractivity contribution < 1.29 is 4.42 Å². The Hall–Kier alpha value is -0.990. The van der Waals surface area contributed by atoms with E-state index in [0.29, 0.717) is 0 Å². The van der Waals surface area contributed by atoms with E-state index in [9.17, 15) is 0 Å². The molecule has 3 heteroatoms. The minimum absolute atomic E-state index is 0.181. The van der Waals surface area contributed by atoms with Crippen LogP contribution in [0.2, 0.25) is 0 Å². The molecule has 0 aliphatic carbocycles. The molecule has 1 rings (SSSR count). The monoisotopic (exact) mass is 98.0 g/mol. The molecule has 7 heavy (non-hydrogen) atoms. The average Bonchev–Trinajstić information content (AvgIpc) is 1.91. The fraction of sp³-hybridized carbons (Fsp3) is 0.250. The minimum atomic E-state index is 0.181. The van der Waals surface area contributed by atoms with Gasteiger partial charge in [0.2, 0.25) is 0 Å². The second kappa shape index (κ2) is 1.26. The maximum atomic E-state index is 6.90. The number of hydrogen-bond acceptors (Lipinski definition) is 2. The van der Waals surface area contributed by atoms with Crippen molar-refractivity contribution in [1.82, 2.24) is 4.57 Å². The topological polar surface area (TPSA) is 41.9 Å². The Labute approximate surface area is 40.7 Å². The average molecular weight is 98.1 g/mol. The van der Waals surface area contributed by atoms with Crippen molar-refractivity contribution in [3.8, 4) is 0 Å². The van der Waals surface area contributed by atoms with Crippen LogP contribution in [0.15, 0.2) is 16.9 Å². The fourth-order valence-corrected chi connectivity index (χ4v) is 0.337. The number of oxazole rings is 1. The van der Waals surface area contributed by atoms with Crippen molar-refractivity contribution in [2.24, 2.45) is 7.05 Å². The van der Waals surface area contributed by atoms with E-state index < -0.39 is 0 Å². The summed E-state index contributed by atoms with van der Waals surface area (Å²) >= 11 is 0. The van der Waals surface area contributed by atoms with Crippen LogP contribution in [-0.2, 0) is 7.05 Å². The second-order valence-electron chi connectivity index (χ2n) is 1.32. The standard InChI is InChI=1S/C4H6N2O/c1-6-2-3-7-4(6)5/h2-3,5H,1H3. The normalized spacial score (nSPS) is 9.29. The lowest BCUT2D eigenvalue weighted by Gasteiger charge is -1.77. The summed E-state index contributed by atoms with van der Waals surface area (Å²) < 4.78 is 6.18. The predicted octanol–water partition coefficient (Wildman–Crippen LogP) is 0.0976. The van der Waals surface area contributed by atoms with Gasteiger partial charge in [-0.25, -0.2) is 0 Å². The lowest BCUT2D eigenvalue weighted by atomic mass is 10.9. The van der Waals surface area contributed by atoms with Gasteiger partial charge >= 0.3 is 0 Å². The largest absolute Gasteiger partial charge is 0.432 e. The molecular weight excluding hydrogens is 92.1 g/mol. The van der Waals surface area contributed by atoms with Crippen molar-refractivity contribution in [3.63, 3.8) is 0 Å². The summed E-state index contributed by atoms with van der Waals surface area (Å²) in [5.74, 6) is 0. The Kier molecular flexibility index (Phi) is 0.749. The lowest BCUT2D eigenvalue weighted by molar-refractivity contribution is 0.466. The fourth-order valence-electron chi connectivity index (χ4n) is 0.337. The first-order valence-electron chi connectivity index (χ1n) is 1.95. The first kappa shape index (κ1) is 4.18. The van der Waals surface area contributed by atoms with Gasteiger partial charge in [0.1, 0.15) is 6.26 Å². The van der Waals surface area contributed by atoms with Gasteiger partial charge in [0.25, 0.3) is 5.68 Å². The molecule has 0 aromatic carbocycles. The van der Waals surface area contributed by atoms with Crippen LogP contribution < -0.4 is 5.68 Å². The molecule has 0 saturated heterocycles. The molecule has 1 heterocycles. The van der Waals surface area contributed by atoms with Crippen LogP contribution >= 0.6 is 0 Å². The predicted molar refractivity (Wildman–Crippen MR) is 23.5 cm³/mol. The summed E-state index contributed by atoms with van der Waals surface area (Å²) in [7, 11) is 1.76. The first-order valence-corrected chi connectivity index (χ1v) is 1.95. The number of nitrogens with zero attached hydrogens (tertiary/aromatic N) is 1. The summed E-state index contributed by atoms with van der Waals surface area (Å²) in [4.78, 5) is 0. The lowest BCUT2D eigenvalue weighted by Crippen LogP contribution is -2.07. The molecule has 0 fully saturated rings. The Morgan fingerprint density at radius 1 is 1.86 bits per heavy atom. The third kappa shape index (κ3) is 0.559. The number of hydrogen-bond donors (Lipinski definition) is 1. The van der Waals surface area contributed by atoms with E-state index in [2.05, 4.69) is 4.42 Å². The van der Waals surface area contributed by atoms with Gasteiger partial charge in [0.05, 0.1) is 0 Å². The molecular formula is C4H6N2O. The molecule has 1 aromatic rings. The van der Waals surface area contributed by atoms with Gasteiger partial charge in [0.15, 0.2) is 0 Å². The van der Waals surface area contributed by atoms with Crippen molar-refractivity contribution in [1.29, 1.82) is 5.41 Å². The molecule has 0 aliphatic rings. The molecule has 0 spiro atoms. The zero-order valence-corrected chi connectivity index (χ0v) is 4.01. The summed E-state index contributed by atoms with van der Waals surface area (Å²) in [5, 5.41) is 6.90. The quantitative estimate of drug-likeness (QED) is 0.491. The van der Waals surface area contributed by atoms with Crippen LogP contribution in [-0.4, -0.2) is 4.57 Å². The second-order valence-corrected chi connectivity index (χ2v) is 1.32. The van der Waals surface area contributed by atoms with E-state index in [1.54, 1.807) is 17.8 Å². The first-order chi connectivity index (χ1) is 3.30. The Morgan fingerprint density at radius 3 is 2.71 bits per heavy atom. The third-order valence-corrected chi connectivity index (χ3v) is 0.784. The molecule has 0 amide bonds. The Bertz CT molecular complexity index is 197. The SMILES string of the molecule is Cn1ccoc1=N. The highest BCUT2D eigenvalue weighted by molar-refractivity contribution is 4.62. The maximum absolute atomic E-state index is 6.90. The number of aryl methyl sites for hydroxylation is 1. The van der Waals surface area contributed by atoms with Crippen LogP contribution in [0.5, 0.6) is 0 Å². The molecule has 0 saturated carbocycles. The zero-order valence-electron chi connectivity index (χ0n) is 4.01. The van der Waals surface area contributed by atoms with Crippen molar-refractivity contribution >= 4 is 0 Å². The van der Waals surface area contributed by atoms with Gasteiger partial charge in [-0.2, -0.15) is 0 Å². The summed E-state index contributed by atoms with van der Waals surface area (Å²) in [6.45, 7) is 0. The molecule has 0 atom stereocenters. The van der Waals surface area contributed by atoms with Gasteiger partial charge in [-0.15, -0.1) is 0 Å². The highest BCUT2D eigenvalue weighted by Gasteiger charge is 1.79. The van der Waals surface area contributed by atoms with E-state index in [0.717, 1.165) is 0 Å². The molecule has 0 unspecified atom stereocenters. The molecule has 0 bridgehead atoms. The Balaban J connectivity index is 3.39. The summed E-state index contributed by atoms with van der Waals surface area (Å²) in [6, 6.07) is 0. The molecule has 1 aromatic heterocycles. The maximum Gasteiger partial charge on any atom is 0.293 e. The van der Waals surface area contributed by atoms with E-state index in [-0.39, 0.29) is 5.68 Å². The van der Waals surface area contributed by atoms with Crippen LogP contribution in [0.4, 0.5) is 0 Å². The van der Waals surface area contributed by atoms with E-state index >= 15 is 0 Å². The molecule has 38 valence electrons. The molecule has 3 nitrogen and oxygen atoms in total. The van der Waals surface area contributed by atoms with E-state index in [4.69, 9.17) is 5.41 Å². The van der Waals surface area contributed by atoms with Gasteiger partial charge < -0.3 is 8.98 Å².